The van der Waals surface area contributed by atoms with Crippen LogP contribution in [0.3, 0.4) is 0 Å². The Morgan fingerprint density at radius 2 is 1.81 bits per heavy atom. The fraction of sp³-hybridized carbons (Fsp3) is 1.00. The summed E-state index contributed by atoms with van der Waals surface area (Å²) in [6.45, 7) is 10.1. The third kappa shape index (κ3) is 4.42. The van der Waals surface area contributed by atoms with Crippen LogP contribution in [0.5, 0.6) is 0 Å². The molecule has 1 unspecified atom stereocenters. The molecule has 0 amide bonds. The summed E-state index contributed by atoms with van der Waals surface area (Å²) in [5, 5.41) is 3.77. The molecule has 0 radical (unpaired) electrons. The molecule has 1 aliphatic rings. The molecule has 1 rings (SSSR count). The van der Waals surface area contributed by atoms with Crippen molar-refractivity contribution in [3.63, 3.8) is 0 Å². The van der Waals surface area contributed by atoms with Gasteiger partial charge in [0.15, 0.2) is 0 Å². The molecule has 0 heterocycles. The summed E-state index contributed by atoms with van der Waals surface area (Å²) in [4.78, 5) is 0. The Hall–Kier alpha value is -0.0800. The lowest BCUT2D eigenvalue weighted by Gasteiger charge is -2.37. The van der Waals surface area contributed by atoms with Crippen molar-refractivity contribution in [2.45, 2.75) is 65.5 Å². The molecular weight excluding hydrogens is 198 g/mol. The quantitative estimate of drug-likeness (QED) is 0.778. The van der Waals surface area contributed by atoms with Crippen molar-refractivity contribution in [3.05, 3.63) is 0 Å². The second kappa shape index (κ2) is 6.02. The highest BCUT2D eigenvalue weighted by molar-refractivity contribution is 4.85. The summed E-state index contributed by atoms with van der Waals surface area (Å²) >= 11 is 0. The maximum absolute atomic E-state index is 5.29. The first-order valence-corrected chi connectivity index (χ1v) is 6.69. The first-order chi connectivity index (χ1) is 7.44. The standard InChI is InChI=1S/C14H29NO/c1-11(2)13(10-16-5)15-12-6-8-14(3,4)9-7-12/h11-13,15H,6-10H2,1-5H3. The Morgan fingerprint density at radius 3 is 2.25 bits per heavy atom. The summed E-state index contributed by atoms with van der Waals surface area (Å²) in [7, 11) is 1.79. The normalized spacial score (nSPS) is 23.6. The number of rotatable bonds is 5. The van der Waals surface area contributed by atoms with Gasteiger partial charge in [0.2, 0.25) is 0 Å². The van der Waals surface area contributed by atoms with Crippen LogP contribution in [0.15, 0.2) is 0 Å². The summed E-state index contributed by atoms with van der Waals surface area (Å²) < 4.78 is 5.29. The van der Waals surface area contributed by atoms with Crippen LogP contribution in [0.1, 0.15) is 53.4 Å². The van der Waals surface area contributed by atoms with Crippen molar-refractivity contribution in [2.75, 3.05) is 13.7 Å². The Balaban J connectivity index is 2.36. The number of hydrogen-bond donors (Lipinski definition) is 1. The highest BCUT2D eigenvalue weighted by Crippen LogP contribution is 2.35. The third-order valence-corrected chi connectivity index (χ3v) is 3.94. The van der Waals surface area contributed by atoms with E-state index in [4.69, 9.17) is 4.74 Å². The van der Waals surface area contributed by atoms with E-state index in [0.29, 0.717) is 23.4 Å². The molecule has 0 aromatic carbocycles. The molecule has 0 aromatic heterocycles. The minimum absolute atomic E-state index is 0.510. The molecule has 0 bridgehead atoms. The molecule has 1 N–H and O–H groups in total. The number of ether oxygens (including phenoxy) is 1. The molecule has 0 aliphatic heterocycles. The van der Waals surface area contributed by atoms with Crippen molar-refractivity contribution in [1.29, 1.82) is 0 Å². The monoisotopic (exact) mass is 227 g/mol. The maximum atomic E-state index is 5.29. The fourth-order valence-corrected chi connectivity index (χ4v) is 2.48. The van der Waals surface area contributed by atoms with Gasteiger partial charge in [0.1, 0.15) is 0 Å². The molecule has 1 aliphatic carbocycles. The van der Waals surface area contributed by atoms with E-state index in [1.807, 2.05) is 0 Å². The third-order valence-electron chi connectivity index (χ3n) is 3.94. The predicted molar refractivity (Wildman–Crippen MR) is 69.7 cm³/mol. The summed E-state index contributed by atoms with van der Waals surface area (Å²) in [6.07, 6.45) is 5.34. The zero-order chi connectivity index (χ0) is 12.2. The van der Waals surface area contributed by atoms with Crippen LogP contribution < -0.4 is 5.32 Å². The van der Waals surface area contributed by atoms with Gasteiger partial charge in [0, 0.05) is 19.2 Å². The molecule has 2 heteroatoms. The summed E-state index contributed by atoms with van der Waals surface area (Å²) in [5.41, 5.74) is 0.562. The minimum Gasteiger partial charge on any atom is -0.383 e. The van der Waals surface area contributed by atoms with E-state index in [2.05, 4.69) is 33.0 Å². The number of nitrogens with one attached hydrogen (secondary N) is 1. The van der Waals surface area contributed by atoms with Gasteiger partial charge in [-0.2, -0.15) is 0 Å². The topological polar surface area (TPSA) is 21.3 Å². The minimum atomic E-state index is 0.510. The molecule has 1 atom stereocenters. The molecule has 1 fully saturated rings. The average Bonchev–Trinajstić information content (AvgIpc) is 2.20. The van der Waals surface area contributed by atoms with E-state index in [0.717, 1.165) is 6.61 Å². The molecule has 96 valence electrons. The van der Waals surface area contributed by atoms with Gasteiger partial charge in [0.05, 0.1) is 6.61 Å². The Kier molecular flexibility index (Phi) is 5.26. The van der Waals surface area contributed by atoms with E-state index < -0.39 is 0 Å². The molecular formula is C14H29NO. The molecule has 0 saturated heterocycles. The van der Waals surface area contributed by atoms with Crippen molar-refractivity contribution >= 4 is 0 Å². The van der Waals surface area contributed by atoms with Crippen molar-refractivity contribution in [2.24, 2.45) is 11.3 Å². The van der Waals surface area contributed by atoms with Gasteiger partial charge < -0.3 is 10.1 Å². The zero-order valence-electron chi connectivity index (χ0n) is 11.7. The van der Waals surface area contributed by atoms with Gasteiger partial charge in [-0.1, -0.05) is 27.7 Å². The Bertz CT molecular complexity index is 191. The van der Waals surface area contributed by atoms with E-state index >= 15 is 0 Å². The average molecular weight is 227 g/mol. The van der Waals surface area contributed by atoms with E-state index in [1.54, 1.807) is 7.11 Å². The van der Waals surface area contributed by atoms with Crippen LogP contribution in [-0.2, 0) is 4.74 Å². The molecule has 2 nitrogen and oxygen atoms in total. The second-order valence-electron chi connectivity index (χ2n) is 6.41. The second-order valence-corrected chi connectivity index (χ2v) is 6.41. The number of hydrogen-bond acceptors (Lipinski definition) is 2. The highest BCUT2D eigenvalue weighted by atomic mass is 16.5. The lowest BCUT2D eigenvalue weighted by Crippen LogP contribution is -2.46. The first kappa shape index (κ1) is 14.0. The summed E-state index contributed by atoms with van der Waals surface area (Å²) in [5.74, 6) is 0.648. The highest BCUT2D eigenvalue weighted by Gasteiger charge is 2.28. The van der Waals surface area contributed by atoms with Gasteiger partial charge in [-0.15, -0.1) is 0 Å². The SMILES string of the molecule is COCC(NC1CCC(C)(C)CC1)C(C)C. The van der Waals surface area contributed by atoms with E-state index in [1.165, 1.54) is 25.7 Å². The maximum Gasteiger partial charge on any atom is 0.0618 e. The van der Waals surface area contributed by atoms with Gasteiger partial charge in [0.25, 0.3) is 0 Å². The van der Waals surface area contributed by atoms with Gasteiger partial charge >= 0.3 is 0 Å². The van der Waals surface area contributed by atoms with E-state index in [9.17, 15) is 0 Å². The smallest absolute Gasteiger partial charge is 0.0618 e. The van der Waals surface area contributed by atoms with Crippen LogP contribution in [-0.4, -0.2) is 25.8 Å². The predicted octanol–water partition coefficient (Wildman–Crippen LogP) is 3.22. The number of methoxy groups -OCH3 is 1. The lowest BCUT2D eigenvalue weighted by molar-refractivity contribution is 0.124. The molecule has 0 spiro atoms. The van der Waals surface area contributed by atoms with Gasteiger partial charge in [-0.3, -0.25) is 0 Å². The molecule has 16 heavy (non-hydrogen) atoms. The molecule has 0 aromatic rings. The van der Waals surface area contributed by atoms with Crippen LogP contribution in [0, 0.1) is 11.3 Å². The largest absolute Gasteiger partial charge is 0.383 e. The lowest BCUT2D eigenvalue weighted by atomic mass is 9.75. The van der Waals surface area contributed by atoms with Crippen LogP contribution in [0.2, 0.25) is 0 Å². The Morgan fingerprint density at radius 1 is 1.25 bits per heavy atom. The van der Waals surface area contributed by atoms with Gasteiger partial charge in [-0.25, -0.2) is 0 Å². The van der Waals surface area contributed by atoms with Gasteiger partial charge in [-0.05, 0) is 37.0 Å². The Labute approximate surface area is 101 Å². The van der Waals surface area contributed by atoms with Crippen LogP contribution in [0.25, 0.3) is 0 Å². The fourth-order valence-electron chi connectivity index (χ4n) is 2.48. The van der Waals surface area contributed by atoms with Crippen LogP contribution >= 0.6 is 0 Å². The van der Waals surface area contributed by atoms with Crippen molar-refractivity contribution < 1.29 is 4.74 Å². The van der Waals surface area contributed by atoms with Crippen molar-refractivity contribution in [1.82, 2.24) is 5.32 Å². The van der Waals surface area contributed by atoms with Crippen LogP contribution in [0.4, 0.5) is 0 Å². The molecule has 1 saturated carbocycles. The summed E-state index contributed by atoms with van der Waals surface area (Å²) in [6, 6.07) is 1.21. The van der Waals surface area contributed by atoms with Crippen molar-refractivity contribution in [3.8, 4) is 0 Å². The van der Waals surface area contributed by atoms with E-state index in [-0.39, 0.29) is 0 Å². The zero-order valence-corrected chi connectivity index (χ0v) is 11.7. The first-order valence-electron chi connectivity index (χ1n) is 6.69.